The molecule has 1 amide bonds. The fourth-order valence-electron chi connectivity index (χ4n) is 3.89. The Balaban J connectivity index is 1.43. The smallest absolute Gasteiger partial charge is 0.295 e. The van der Waals surface area contributed by atoms with Gasteiger partial charge in [0.1, 0.15) is 18.0 Å². The Morgan fingerprint density at radius 3 is 2.53 bits per heavy atom. The molecule has 0 spiro atoms. The number of aryl methyl sites for hydroxylation is 1. The van der Waals surface area contributed by atoms with Crippen molar-refractivity contribution >= 4 is 23.4 Å². The number of nitrogens with zero attached hydrogens (tertiary/aromatic N) is 5. The van der Waals surface area contributed by atoms with E-state index in [1.54, 1.807) is 18.7 Å². The van der Waals surface area contributed by atoms with Crippen molar-refractivity contribution in [1.82, 2.24) is 24.1 Å². The molecule has 0 aliphatic heterocycles. The van der Waals surface area contributed by atoms with Crippen LogP contribution in [0.5, 0.6) is 5.75 Å². The fraction of sp³-hybridized carbons (Fsp3) is 0.308. The summed E-state index contributed by atoms with van der Waals surface area (Å²) in [5, 5.41) is 11.9. The minimum atomic E-state index is -0.287. The van der Waals surface area contributed by atoms with Gasteiger partial charge in [-0.15, -0.1) is 10.2 Å². The molecule has 1 N–H and O–H groups in total. The number of para-hydroxylation sites is 1. The molecule has 0 aliphatic carbocycles. The molecule has 0 unspecified atom stereocenters. The lowest BCUT2D eigenvalue weighted by molar-refractivity contribution is -0.113. The summed E-state index contributed by atoms with van der Waals surface area (Å²) >= 11 is 1.27. The van der Waals surface area contributed by atoms with Crippen molar-refractivity contribution in [2.24, 2.45) is 7.05 Å². The number of hydrogen-bond acceptors (Lipinski definition) is 6. The minimum Gasteiger partial charge on any atom is -0.485 e. The van der Waals surface area contributed by atoms with Gasteiger partial charge in [-0.3, -0.25) is 14.3 Å². The maximum Gasteiger partial charge on any atom is 0.295 e. The standard InChI is InChI=1S/C26H30N6O3S/c1-6-31-22(15-35-21-14-10-11-17(2)18(21)3)28-29-26(31)36-16-23(33)27-24-19(4)30(5)32(25(24)34)20-12-8-7-9-13-20/h7-14H,6,15-16H2,1-5H3,(H,27,33). The Hall–Kier alpha value is -3.79. The fourth-order valence-corrected chi connectivity index (χ4v) is 4.71. The number of carbonyl (C=O) groups is 1. The highest BCUT2D eigenvalue weighted by molar-refractivity contribution is 7.99. The Morgan fingerprint density at radius 1 is 1.06 bits per heavy atom. The highest BCUT2D eigenvalue weighted by Gasteiger charge is 2.19. The first-order valence-electron chi connectivity index (χ1n) is 11.7. The van der Waals surface area contributed by atoms with Crippen molar-refractivity contribution in [3.63, 3.8) is 0 Å². The van der Waals surface area contributed by atoms with Crippen LogP contribution in [0, 0.1) is 20.8 Å². The quantitative estimate of drug-likeness (QED) is 0.345. The molecule has 0 radical (unpaired) electrons. The van der Waals surface area contributed by atoms with Gasteiger partial charge in [0.05, 0.1) is 17.1 Å². The number of benzene rings is 2. The molecular formula is C26H30N6O3S. The molecule has 2 heterocycles. The van der Waals surface area contributed by atoms with E-state index in [1.807, 2.05) is 73.9 Å². The van der Waals surface area contributed by atoms with Crippen LogP contribution in [0.15, 0.2) is 58.5 Å². The van der Waals surface area contributed by atoms with Crippen molar-refractivity contribution in [1.29, 1.82) is 0 Å². The summed E-state index contributed by atoms with van der Waals surface area (Å²) in [7, 11) is 1.79. The topological polar surface area (TPSA) is 96.0 Å². The number of anilines is 1. The molecule has 4 aromatic rings. The van der Waals surface area contributed by atoms with Crippen LogP contribution in [-0.4, -0.2) is 35.8 Å². The zero-order chi connectivity index (χ0) is 25.8. The van der Waals surface area contributed by atoms with E-state index in [2.05, 4.69) is 15.5 Å². The third-order valence-electron chi connectivity index (χ3n) is 6.17. The second-order valence-electron chi connectivity index (χ2n) is 8.40. The number of carbonyl (C=O) groups excluding carboxylic acids is 1. The summed E-state index contributed by atoms with van der Waals surface area (Å²) in [5.74, 6) is 1.30. The van der Waals surface area contributed by atoms with Crippen molar-refractivity contribution in [2.45, 2.75) is 46.0 Å². The van der Waals surface area contributed by atoms with E-state index in [-0.39, 0.29) is 29.5 Å². The average molecular weight is 507 g/mol. The Morgan fingerprint density at radius 2 is 1.81 bits per heavy atom. The number of amides is 1. The van der Waals surface area contributed by atoms with Gasteiger partial charge in [-0.25, -0.2) is 4.68 Å². The highest BCUT2D eigenvalue weighted by Crippen LogP contribution is 2.23. The van der Waals surface area contributed by atoms with E-state index in [1.165, 1.54) is 16.4 Å². The lowest BCUT2D eigenvalue weighted by Gasteiger charge is -2.11. The van der Waals surface area contributed by atoms with E-state index in [9.17, 15) is 9.59 Å². The number of nitrogens with one attached hydrogen (secondary N) is 1. The van der Waals surface area contributed by atoms with Gasteiger partial charge in [0.15, 0.2) is 11.0 Å². The van der Waals surface area contributed by atoms with Gasteiger partial charge < -0.3 is 14.6 Å². The normalized spacial score (nSPS) is 11.0. The van der Waals surface area contributed by atoms with Gasteiger partial charge in [0.2, 0.25) is 5.91 Å². The van der Waals surface area contributed by atoms with Crippen LogP contribution in [0.25, 0.3) is 5.69 Å². The molecule has 4 rings (SSSR count). The second-order valence-corrected chi connectivity index (χ2v) is 9.35. The number of ether oxygens (including phenoxy) is 1. The van der Waals surface area contributed by atoms with Gasteiger partial charge >= 0.3 is 0 Å². The lowest BCUT2D eigenvalue weighted by Crippen LogP contribution is -2.23. The summed E-state index contributed by atoms with van der Waals surface area (Å²) in [4.78, 5) is 25.8. The predicted octanol–water partition coefficient (Wildman–Crippen LogP) is 4.02. The van der Waals surface area contributed by atoms with Crippen LogP contribution in [0.4, 0.5) is 5.69 Å². The first-order valence-corrected chi connectivity index (χ1v) is 12.7. The molecule has 0 bridgehead atoms. The summed E-state index contributed by atoms with van der Waals surface area (Å²) in [5.41, 5.74) is 3.65. The molecule has 9 nitrogen and oxygen atoms in total. The third kappa shape index (κ3) is 5.08. The number of thioether (sulfide) groups is 1. The molecule has 0 fully saturated rings. The summed E-state index contributed by atoms with van der Waals surface area (Å²) in [6, 6.07) is 15.3. The van der Waals surface area contributed by atoms with E-state index in [4.69, 9.17) is 4.74 Å². The molecular weight excluding hydrogens is 476 g/mol. The minimum absolute atomic E-state index is 0.0924. The van der Waals surface area contributed by atoms with Gasteiger partial charge in [-0.05, 0) is 57.0 Å². The SMILES string of the molecule is CCn1c(COc2cccc(C)c2C)nnc1SCC(=O)Nc1c(C)n(C)n(-c2ccccc2)c1=O. The highest BCUT2D eigenvalue weighted by atomic mass is 32.2. The molecule has 2 aromatic heterocycles. The lowest BCUT2D eigenvalue weighted by atomic mass is 10.1. The zero-order valence-corrected chi connectivity index (χ0v) is 21.9. The van der Waals surface area contributed by atoms with E-state index >= 15 is 0 Å². The first kappa shape index (κ1) is 25.3. The number of aromatic nitrogens is 5. The maximum atomic E-state index is 13.0. The predicted molar refractivity (Wildman–Crippen MR) is 141 cm³/mol. The van der Waals surface area contributed by atoms with Gasteiger partial charge in [0.25, 0.3) is 5.56 Å². The molecule has 0 atom stereocenters. The monoisotopic (exact) mass is 506 g/mol. The van der Waals surface area contributed by atoms with Crippen LogP contribution < -0.4 is 15.6 Å². The Kier molecular flexibility index (Phi) is 7.64. The Labute approximate surface area is 214 Å². The van der Waals surface area contributed by atoms with Crippen LogP contribution in [0.2, 0.25) is 0 Å². The third-order valence-corrected chi connectivity index (χ3v) is 7.14. The summed E-state index contributed by atoms with van der Waals surface area (Å²) in [6.45, 7) is 8.79. The molecule has 0 saturated heterocycles. The van der Waals surface area contributed by atoms with E-state index < -0.39 is 0 Å². The van der Waals surface area contributed by atoms with Crippen molar-refractivity contribution in [2.75, 3.05) is 11.1 Å². The molecule has 2 aromatic carbocycles. The van der Waals surface area contributed by atoms with Crippen LogP contribution in [0.1, 0.15) is 29.6 Å². The summed E-state index contributed by atoms with van der Waals surface area (Å²) in [6.07, 6.45) is 0. The number of rotatable bonds is 9. The van der Waals surface area contributed by atoms with Crippen molar-refractivity contribution < 1.29 is 9.53 Å². The Bertz CT molecular complexity index is 1440. The van der Waals surface area contributed by atoms with Crippen molar-refractivity contribution in [3.8, 4) is 11.4 Å². The largest absolute Gasteiger partial charge is 0.485 e. The average Bonchev–Trinajstić information content (AvgIpc) is 3.37. The van der Waals surface area contributed by atoms with Crippen LogP contribution in [0.3, 0.4) is 0 Å². The van der Waals surface area contributed by atoms with Crippen molar-refractivity contribution in [3.05, 3.63) is 81.5 Å². The maximum absolute atomic E-state index is 13.0. The van der Waals surface area contributed by atoms with E-state index in [0.717, 1.165) is 22.6 Å². The van der Waals surface area contributed by atoms with Gasteiger partial charge in [-0.1, -0.05) is 42.1 Å². The molecule has 10 heteroatoms. The molecule has 188 valence electrons. The van der Waals surface area contributed by atoms with E-state index in [0.29, 0.717) is 23.2 Å². The van der Waals surface area contributed by atoms with Crippen LogP contribution in [-0.2, 0) is 25.0 Å². The second kappa shape index (κ2) is 10.9. The van der Waals surface area contributed by atoms with Crippen LogP contribution >= 0.6 is 11.8 Å². The zero-order valence-electron chi connectivity index (χ0n) is 21.1. The summed E-state index contributed by atoms with van der Waals surface area (Å²) < 4.78 is 11.2. The molecule has 0 aliphatic rings. The molecule has 0 saturated carbocycles. The van der Waals surface area contributed by atoms with Gasteiger partial charge in [0, 0.05) is 13.6 Å². The number of hydrogen-bond donors (Lipinski definition) is 1. The molecule has 36 heavy (non-hydrogen) atoms. The first-order chi connectivity index (χ1) is 17.3. The van der Waals surface area contributed by atoms with Gasteiger partial charge in [-0.2, -0.15) is 0 Å².